The van der Waals surface area contributed by atoms with Crippen LogP contribution in [0.2, 0.25) is 0 Å². The fourth-order valence-electron chi connectivity index (χ4n) is 1.59. The van der Waals surface area contributed by atoms with Crippen LogP contribution in [0.3, 0.4) is 0 Å². The predicted molar refractivity (Wildman–Crippen MR) is 35.7 cm³/mol. The summed E-state index contributed by atoms with van der Waals surface area (Å²) in [4.78, 5) is 10.6. The lowest BCUT2D eigenvalue weighted by atomic mass is 10.2. The van der Waals surface area contributed by atoms with Crippen molar-refractivity contribution in [1.29, 1.82) is 0 Å². The van der Waals surface area contributed by atoms with Crippen molar-refractivity contribution in [1.82, 2.24) is 0 Å². The zero-order valence-corrected chi connectivity index (χ0v) is 6.42. The first-order valence-electron chi connectivity index (χ1n) is 3.36. The summed E-state index contributed by atoms with van der Waals surface area (Å²) >= 11 is 0. The Morgan fingerprint density at radius 2 is 1.90 bits per heavy atom. The quantitative estimate of drug-likeness (QED) is 0.621. The molecule has 0 amide bonds. The van der Waals surface area contributed by atoms with Gasteiger partial charge >= 0.3 is 5.97 Å². The molecule has 1 aliphatic carbocycles. The molecule has 0 heterocycles. The average molecular weight is 144 g/mol. The number of aliphatic carboxylic acids is 1. The van der Waals surface area contributed by atoms with E-state index in [1.807, 2.05) is 13.8 Å². The molecule has 2 atom stereocenters. The van der Waals surface area contributed by atoms with Gasteiger partial charge in [-0.15, -0.1) is 0 Å². The normalized spacial score (nSPS) is 45.1. The lowest BCUT2D eigenvalue weighted by Crippen LogP contribution is -2.28. The second-order valence-electron chi connectivity index (χ2n) is 2.88. The van der Waals surface area contributed by atoms with Crippen molar-refractivity contribution >= 4 is 5.97 Å². The molecule has 0 aromatic carbocycles. The highest BCUT2D eigenvalue weighted by Gasteiger charge is 2.66. The van der Waals surface area contributed by atoms with Gasteiger partial charge in [0, 0.05) is 18.9 Å². The van der Waals surface area contributed by atoms with Gasteiger partial charge in [-0.05, 0) is 0 Å². The van der Waals surface area contributed by atoms with Gasteiger partial charge in [0.05, 0.1) is 0 Å². The van der Waals surface area contributed by atoms with Gasteiger partial charge in [-0.2, -0.15) is 0 Å². The van der Waals surface area contributed by atoms with E-state index < -0.39 is 11.6 Å². The molecule has 1 N–H and O–H groups in total. The van der Waals surface area contributed by atoms with E-state index in [1.54, 1.807) is 0 Å². The highest BCUT2D eigenvalue weighted by molar-refractivity contribution is 5.82. The minimum Gasteiger partial charge on any atom is -0.479 e. The van der Waals surface area contributed by atoms with Gasteiger partial charge < -0.3 is 9.84 Å². The topological polar surface area (TPSA) is 46.5 Å². The summed E-state index contributed by atoms with van der Waals surface area (Å²) in [6.45, 7) is 3.78. The Morgan fingerprint density at radius 3 is 1.90 bits per heavy atom. The van der Waals surface area contributed by atoms with E-state index in [0.29, 0.717) is 0 Å². The summed E-state index contributed by atoms with van der Waals surface area (Å²) in [5.41, 5.74) is -0.875. The first kappa shape index (κ1) is 7.54. The fourth-order valence-corrected chi connectivity index (χ4v) is 1.59. The maximum atomic E-state index is 10.6. The molecule has 58 valence electrons. The molecule has 3 nitrogen and oxygen atoms in total. The van der Waals surface area contributed by atoms with Gasteiger partial charge in [-0.3, -0.25) is 0 Å². The lowest BCUT2D eigenvalue weighted by Gasteiger charge is -2.07. The van der Waals surface area contributed by atoms with Crippen molar-refractivity contribution in [3.8, 4) is 0 Å². The second kappa shape index (κ2) is 1.95. The third-order valence-electron chi connectivity index (χ3n) is 2.67. The number of carboxylic acids is 1. The average Bonchev–Trinajstić information content (AvgIpc) is 2.38. The van der Waals surface area contributed by atoms with Crippen LogP contribution in [-0.2, 0) is 9.53 Å². The molecule has 1 fully saturated rings. The third-order valence-corrected chi connectivity index (χ3v) is 2.67. The van der Waals surface area contributed by atoms with Crippen LogP contribution in [-0.4, -0.2) is 23.8 Å². The highest BCUT2D eigenvalue weighted by atomic mass is 16.5. The van der Waals surface area contributed by atoms with Gasteiger partial charge in [0.2, 0.25) is 0 Å². The minimum absolute atomic E-state index is 0.148. The van der Waals surface area contributed by atoms with E-state index in [9.17, 15) is 4.79 Å². The molecule has 0 aliphatic heterocycles. The Kier molecular flexibility index (Phi) is 1.47. The standard InChI is InChI=1S/C7H12O3/c1-4-5(2)7(4,10-3)6(8)9/h4-5H,1-3H3,(H,8,9)/t4-,5-/m1/s1. The Bertz CT molecular complexity index is 156. The third kappa shape index (κ3) is 0.611. The fraction of sp³-hybridized carbons (Fsp3) is 0.857. The van der Waals surface area contributed by atoms with Crippen LogP contribution in [0.4, 0.5) is 0 Å². The SMILES string of the molecule is COC1(C(=O)O)[C@H](C)[C@H]1C. The molecule has 10 heavy (non-hydrogen) atoms. The number of carbonyl (C=O) groups is 1. The number of hydrogen-bond donors (Lipinski definition) is 1. The summed E-state index contributed by atoms with van der Waals surface area (Å²) in [6.07, 6.45) is 0. The zero-order valence-electron chi connectivity index (χ0n) is 6.42. The van der Waals surface area contributed by atoms with Crippen LogP contribution in [0.15, 0.2) is 0 Å². The van der Waals surface area contributed by atoms with E-state index in [1.165, 1.54) is 7.11 Å². The van der Waals surface area contributed by atoms with E-state index in [4.69, 9.17) is 9.84 Å². The molecule has 0 aromatic heterocycles. The van der Waals surface area contributed by atoms with E-state index in [0.717, 1.165) is 0 Å². The van der Waals surface area contributed by atoms with Crippen molar-refractivity contribution < 1.29 is 14.6 Å². The zero-order chi connectivity index (χ0) is 7.94. The van der Waals surface area contributed by atoms with Crippen LogP contribution in [0, 0.1) is 11.8 Å². The Balaban J connectivity index is 2.75. The molecule has 0 saturated heterocycles. The summed E-state index contributed by atoms with van der Waals surface area (Å²) in [5.74, 6) is -0.542. The summed E-state index contributed by atoms with van der Waals surface area (Å²) in [6, 6.07) is 0. The van der Waals surface area contributed by atoms with Crippen LogP contribution in [0.1, 0.15) is 13.8 Å². The van der Waals surface area contributed by atoms with Crippen molar-refractivity contribution in [3.05, 3.63) is 0 Å². The molecule has 0 radical (unpaired) electrons. The van der Waals surface area contributed by atoms with E-state index >= 15 is 0 Å². The molecular formula is C7H12O3. The molecule has 0 spiro atoms. The minimum atomic E-state index is -0.875. The number of ether oxygens (including phenoxy) is 1. The Morgan fingerprint density at radius 1 is 1.50 bits per heavy atom. The van der Waals surface area contributed by atoms with Gasteiger partial charge in [0.25, 0.3) is 0 Å². The van der Waals surface area contributed by atoms with Gasteiger partial charge in [0.1, 0.15) is 0 Å². The highest BCUT2D eigenvalue weighted by Crippen LogP contribution is 2.52. The molecule has 0 unspecified atom stereocenters. The van der Waals surface area contributed by atoms with Crippen molar-refractivity contribution in [2.45, 2.75) is 19.4 Å². The lowest BCUT2D eigenvalue weighted by molar-refractivity contribution is -0.153. The van der Waals surface area contributed by atoms with Crippen molar-refractivity contribution in [3.63, 3.8) is 0 Å². The first-order chi connectivity index (χ1) is 4.57. The Labute approximate surface area is 60.0 Å². The van der Waals surface area contributed by atoms with Crippen molar-refractivity contribution in [2.24, 2.45) is 11.8 Å². The van der Waals surface area contributed by atoms with Crippen molar-refractivity contribution in [2.75, 3.05) is 7.11 Å². The summed E-state index contributed by atoms with van der Waals surface area (Å²) in [5, 5.41) is 8.72. The first-order valence-corrected chi connectivity index (χ1v) is 3.36. The molecule has 1 aliphatic rings. The second-order valence-corrected chi connectivity index (χ2v) is 2.88. The van der Waals surface area contributed by atoms with Crippen LogP contribution >= 0.6 is 0 Å². The molecule has 1 saturated carbocycles. The largest absolute Gasteiger partial charge is 0.479 e. The van der Waals surface area contributed by atoms with Gasteiger partial charge in [0.15, 0.2) is 5.60 Å². The van der Waals surface area contributed by atoms with Gasteiger partial charge in [-0.1, -0.05) is 13.8 Å². The van der Waals surface area contributed by atoms with Crippen LogP contribution in [0.25, 0.3) is 0 Å². The van der Waals surface area contributed by atoms with E-state index in [-0.39, 0.29) is 11.8 Å². The Hall–Kier alpha value is -0.570. The van der Waals surface area contributed by atoms with Gasteiger partial charge in [-0.25, -0.2) is 4.79 Å². The summed E-state index contributed by atoms with van der Waals surface area (Å²) in [7, 11) is 1.45. The monoisotopic (exact) mass is 144 g/mol. The number of hydrogen-bond acceptors (Lipinski definition) is 2. The number of carboxylic acid groups (broad SMARTS) is 1. The van der Waals surface area contributed by atoms with Crippen LogP contribution in [0.5, 0.6) is 0 Å². The van der Waals surface area contributed by atoms with Crippen LogP contribution < -0.4 is 0 Å². The molecular weight excluding hydrogens is 132 g/mol. The maximum Gasteiger partial charge on any atom is 0.336 e. The molecule has 0 aromatic rings. The van der Waals surface area contributed by atoms with E-state index in [2.05, 4.69) is 0 Å². The smallest absolute Gasteiger partial charge is 0.336 e. The molecule has 3 heteroatoms. The number of rotatable bonds is 2. The molecule has 0 bridgehead atoms. The predicted octanol–water partition coefficient (Wildman–Crippen LogP) is 0.742. The molecule has 1 rings (SSSR count). The number of methoxy groups -OCH3 is 1. The maximum absolute atomic E-state index is 10.6. The summed E-state index contributed by atoms with van der Waals surface area (Å²) < 4.78 is 4.94.